The van der Waals surface area contributed by atoms with Crippen LogP contribution in [-0.2, 0) is 6.54 Å². The normalized spacial score (nSPS) is 16.2. The second-order valence-electron chi connectivity index (χ2n) is 6.16. The van der Waals surface area contributed by atoms with Gasteiger partial charge in [-0.3, -0.25) is 5.01 Å². The van der Waals surface area contributed by atoms with Crippen molar-refractivity contribution in [2.24, 2.45) is 5.10 Å². The van der Waals surface area contributed by atoms with Crippen molar-refractivity contribution < 1.29 is 4.90 Å². The molecule has 0 atom stereocenters. The van der Waals surface area contributed by atoms with E-state index in [4.69, 9.17) is 11.6 Å². The molecule has 120 valence electrons. The molecule has 0 aromatic heterocycles. The van der Waals surface area contributed by atoms with Crippen LogP contribution in [0, 0.1) is 6.92 Å². The molecule has 0 radical (unpaired) electrons. The van der Waals surface area contributed by atoms with E-state index in [1.54, 1.807) is 4.90 Å². The number of hydrogen-bond acceptors (Lipinski definition) is 2. The van der Waals surface area contributed by atoms with Crippen molar-refractivity contribution in [3.05, 3.63) is 70.2 Å². The summed E-state index contributed by atoms with van der Waals surface area (Å²) >= 11 is 5.89. The molecule has 3 nitrogen and oxygen atoms in total. The lowest BCUT2D eigenvalue weighted by atomic mass is 10.1. The Kier molecular flexibility index (Phi) is 5.31. The summed E-state index contributed by atoms with van der Waals surface area (Å²) in [5.74, 6) is 0. The molecular weight excluding hydrogens is 306 g/mol. The number of piperazine rings is 1. The van der Waals surface area contributed by atoms with Gasteiger partial charge in [0.05, 0.1) is 32.4 Å². The molecule has 1 aliphatic heterocycles. The molecule has 2 aromatic carbocycles. The summed E-state index contributed by atoms with van der Waals surface area (Å²) in [5, 5.41) is 7.51. The molecule has 0 amide bonds. The summed E-state index contributed by atoms with van der Waals surface area (Å²) in [5.41, 5.74) is 3.83. The number of benzene rings is 2. The molecule has 4 heteroatoms. The highest BCUT2D eigenvalue weighted by molar-refractivity contribution is 6.30. The molecule has 2 aromatic rings. The van der Waals surface area contributed by atoms with Gasteiger partial charge < -0.3 is 4.90 Å². The Morgan fingerprint density at radius 3 is 2.35 bits per heavy atom. The van der Waals surface area contributed by atoms with Crippen molar-refractivity contribution >= 4 is 17.8 Å². The highest BCUT2D eigenvalue weighted by atomic mass is 35.5. The molecule has 1 saturated heterocycles. The monoisotopic (exact) mass is 328 g/mol. The number of nitrogens with one attached hydrogen (secondary N) is 1. The quantitative estimate of drug-likeness (QED) is 0.854. The second-order valence-corrected chi connectivity index (χ2v) is 6.60. The third kappa shape index (κ3) is 4.81. The van der Waals surface area contributed by atoms with E-state index in [0.717, 1.165) is 43.3 Å². The Morgan fingerprint density at radius 2 is 1.70 bits per heavy atom. The first-order valence-electron chi connectivity index (χ1n) is 8.13. The maximum Gasteiger partial charge on any atom is 0.103 e. The Morgan fingerprint density at radius 1 is 1.04 bits per heavy atom. The van der Waals surface area contributed by atoms with Crippen LogP contribution in [0.1, 0.15) is 16.7 Å². The van der Waals surface area contributed by atoms with Gasteiger partial charge in [0.25, 0.3) is 0 Å². The summed E-state index contributed by atoms with van der Waals surface area (Å²) < 4.78 is 0. The van der Waals surface area contributed by atoms with E-state index in [2.05, 4.69) is 41.3 Å². The van der Waals surface area contributed by atoms with Gasteiger partial charge in [-0.1, -0.05) is 53.6 Å². The molecular formula is C19H23ClN3+. The first kappa shape index (κ1) is 16.0. The molecule has 3 rings (SSSR count). The van der Waals surface area contributed by atoms with Gasteiger partial charge in [0.15, 0.2) is 0 Å². The van der Waals surface area contributed by atoms with E-state index in [1.165, 1.54) is 11.1 Å². The first-order chi connectivity index (χ1) is 11.2. The van der Waals surface area contributed by atoms with Gasteiger partial charge >= 0.3 is 0 Å². The molecule has 0 saturated carbocycles. The topological polar surface area (TPSA) is 20.0 Å². The van der Waals surface area contributed by atoms with Gasteiger partial charge in [-0.25, -0.2) is 0 Å². The van der Waals surface area contributed by atoms with Crippen LogP contribution in [0.25, 0.3) is 0 Å². The number of nitrogens with zero attached hydrogens (tertiary/aromatic N) is 2. The largest absolute Gasteiger partial charge is 0.328 e. The van der Waals surface area contributed by atoms with Crippen LogP contribution in [0.3, 0.4) is 0 Å². The van der Waals surface area contributed by atoms with Crippen molar-refractivity contribution in [3.8, 4) is 0 Å². The molecule has 0 unspecified atom stereocenters. The summed E-state index contributed by atoms with van der Waals surface area (Å²) in [7, 11) is 0. The van der Waals surface area contributed by atoms with Crippen molar-refractivity contribution in [3.63, 3.8) is 0 Å². The summed E-state index contributed by atoms with van der Waals surface area (Å²) in [4.78, 5) is 1.63. The fourth-order valence-corrected chi connectivity index (χ4v) is 2.92. The van der Waals surface area contributed by atoms with E-state index >= 15 is 0 Å². The standard InChI is InChI=1S/C19H22ClN3/c1-16-2-4-18(5-3-16)15-22-10-12-23(13-11-22)21-14-17-6-8-19(20)9-7-17/h2-9,14H,10-13,15H2,1H3/p+1/b21-14+. The Bertz CT molecular complexity index is 641. The van der Waals surface area contributed by atoms with Gasteiger partial charge in [0.2, 0.25) is 0 Å². The summed E-state index contributed by atoms with van der Waals surface area (Å²) in [6.45, 7) is 7.51. The zero-order chi connectivity index (χ0) is 16.1. The highest BCUT2D eigenvalue weighted by Gasteiger charge is 2.18. The van der Waals surface area contributed by atoms with Crippen LogP contribution in [0.15, 0.2) is 53.6 Å². The van der Waals surface area contributed by atoms with E-state index in [1.807, 2.05) is 30.5 Å². The molecule has 0 spiro atoms. The SMILES string of the molecule is Cc1ccc(C[NH+]2CCN(/N=C/c3ccc(Cl)cc3)CC2)cc1. The van der Waals surface area contributed by atoms with E-state index in [9.17, 15) is 0 Å². The number of quaternary nitrogens is 1. The molecule has 1 N–H and O–H groups in total. The van der Waals surface area contributed by atoms with Crippen LogP contribution in [0.2, 0.25) is 5.02 Å². The number of aryl methyl sites for hydroxylation is 1. The molecule has 1 aliphatic rings. The van der Waals surface area contributed by atoms with Crippen LogP contribution >= 0.6 is 11.6 Å². The maximum atomic E-state index is 5.89. The Hall–Kier alpha value is -1.84. The summed E-state index contributed by atoms with van der Waals surface area (Å²) in [6, 6.07) is 16.7. The van der Waals surface area contributed by atoms with Crippen LogP contribution in [0.4, 0.5) is 0 Å². The van der Waals surface area contributed by atoms with Crippen LogP contribution < -0.4 is 4.90 Å². The average molecular weight is 329 g/mol. The van der Waals surface area contributed by atoms with E-state index < -0.39 is 0 Å². The van der Waals surface area contributed by atoms with Gasteiger partial charge in [-0.05, 0) is 24.6 Å². The number of hydrogen-bond donors (Lipinski definition) is 1. The number of rotatable bonds is 4. The smallest absolute Gasteiger partial charge is 0.103 e. The van der Waals surface area contributed by atoms with Crippen LogP contribution in [0.5, 0.6) is 0 Å². The van der Waals surface area contributed by atoms with Gasteiger partial charge in [-0.2, -0.15) is 5.10 Å². The lowest BCUT2D eigenvalue weighted by molar-refractivity contribution is -0.918. The van der Waals surface area contributed by atoms with E-state index in [-0.39, 0.29) is 0 Å². The van der Waals surface area contributed by atoms with Gasteiger partial charge in [0, 0.05) is 10.6 Å². The predicted octanol–water partition coefficient (Wildman–Crippen LogP) is 2.38. The van der Waals surface area contributed by atoms with Crippen LogP contribution in [-0.4, -0.2) is 37.4 Å². The third-order valence-corrected chi connectivity index (χ3v) is 4.51. The third-order valence-electron chi connectivity index (χ3n) is 4.26. The molecule has 23 heavy (non-hydrogen) atoms. The molecule has 0 aliphatic carbocycles. The zero-order valence-electron chi connectivity index (χ0n) is 13.5. The van der Waals surface area contributed by atoms with Crippen molar-refractivity contribution in [2.75, 3.05) is 26.2 Å². The second kappa shape index (κ2) is 7.62. The molecule has 1 fully saturated rings. The lowest BCUT2D eigenvalue weighted by Crippen LogP contribution is -3.13. The molecule has 0 bridgehead atoms. The van der Waals surface area contributed by atoms with Crippen molar-refractivity contribution in [2.45, 2.75) is 13.5 Å². The summed E-state index contributed by atoms with van der Waals surface area (Å²) in [6.07, 6.45) is 1.92. The van der Waals surface area contributed by atoms with Gasteiger partial charge in [-0.15, -0.1) is 0 Å². The fraction of sp³-hybridized carbons (Fsp3) is 0.316. The highest BCUT2D eigenvalue weighted by Crippen LogP contribution is 2.08. The number of hydrazone groups is 1. The Balaban J connectivity index is 1.48. The minimum Gasteiger partial charge on any atom is -0.328 e. The average Bonchev–Trinajstić information content (AvgIpc) is 2.58. The van der Waals surface area contributed by atoms with E-state index in [0.29, 0.717) is 0 Å². The van der Waals surface area contributed by atoms with Gasteiger partial charge in [0.1, 0.15) is 6.54 Å². The first-order valence-corrected chi connectivity index (χ1v) is 8.50. The lowest BCUT2D eigenvalue weighted by Gasteiger charge is -2.30. The minimum absolute atomic E-state index is 0.760. The minimum atomic E-state index is 0.760. The maximum absolute atomic E-state index is 5.89. The number of halogens is 1. The zero-order valence-corrected chi connectivity index (χ0v) is 14.3. The van der Waals surface area contributed by atoms with Crippen molar-refractivity contribution in [1.29, 1.82) is 0 Å². The predicted molar refractivity (Wildman–Crippen MR) is 96.2 cm³/mol. The fourth-order valence-electron chi connectivity index (χ4n) is 2.80. The van der Waals surface area contributed by atoms with Crippen molar-refractivity contribution in [1.82, 2.24) is 5.01 Å². The molecule has 1 heterocycles. The Labute approximate surface area is 143 Å².